The summed E-state index contributed by atoms with van der Waals surface area (Å²) in [5.41, 5.74) is 3.95. The number of aromatic nitrogens is 2. The highest BCUT2D eigenvalue weighted by Crippen LogP contribution is 2.24. The van der Waals surface area contributed by atoms with Crippen LogP contribution in [0.4, 0.5) is 0 Å². The van der Waals surface area contributed by atoms with Crippen LogP contribution in [0.1, 0.15) is 46.1 Å². The van der Waals surface area contributed by atoms with E-state index in [0.717, 1.165) is 53.7 Å². The number of hydrogen-bond donors (Lipinski definition) is 0. The maximum Gasteiger partial charge on any atom is 0.267 e. The molecule has 1 amide bonds. The second-order valence-electron chi connectivity index (χ2n) is 8.29. The number of likely N-dealkylation sites (tertiary alicyclic amines) is 1. The molecule has 0 aliphatic carbocycles. The molecule has 2 aromatic rings. The predicted molar refractivity (Wildman–Crippen MR) is 129 cm³/mol. The molecule has 1 fully saturated rings. The first-order valence-corrected chi connectivity index (χ1v) is 11.3. The summed E-state index contributed by atoms with van der Waals surface area (Å²) in [6.45, 7) is 10.1. The molecule has 1 aromatic heterocycles. The molecule has 1 unspecified atom stereocenters. The van der Waals surface area contributed by atoms with E-state index in [1.165, 1.54) is 0 Å². The van der Waals surface area contributed by atoms with Crippen molar-refractivity contribution in [1.29, 1.82) is 0 Å². The molecular weight excluding hydrogens is 386 g/mol. The minimum absolute atomic E-state index is 0.0395. The summed E-state index contributed by atoms with van der Waals surface area (Å²) >= 11 is 0. The van der Waals surface area contributed by atoms with Gasteiger partial charge in [0, 0.05) is 30.6 Å². The number of piperidine rings is 1. The number of hydrogen-bond acceptors (Lipinski definition) is 4. The van der Waals surface area contributed by atoms with Gasteiger partial charge >= 0.3 is 0 Å². The quantitative estimate of drug-likeness (QED) is 0.686. The molecule has 2 aliphatic heterocycles. The van der Waals surface area contributed by atoms with Crippen molar-refractivity contribution < 1.29 is 4.79 Å². The van der Waals surface area contributed by atoms with Crippen LogP contribution in [-0.4, -0.2) is 57.5 Å². The Balaban J connectivity index is 0.00000132. The molecule has 6 nitrogen and oxygen atoms in total. The molecule has 31 heavy (non-hydrogen) atoms. The number of benzene rings is 1. The summed E-state index contributed by atoms with van der Waals surface area (Å²) in [4.78, 5) is 15.4. The van der Waals surface area contributed by atoms with Gasteiger partial charge < -0.3 is 4.90 Å². The average molecular weight is 422 g/mol. The van der Waals surface area contributed by atoms with Crippen LogP contribution in [0.5, 0.6) is 0 Å². The molecule has 1 atom stereocenters. The van der Waals surface area contributed by atoms with E-state index < -0.39 is 0 Å². The van der Waals surface area contributed by atoms with Gasteiger partial charge in [0.25, 0.3) is 5.91 Å². The topological polar surface area (TPSA) is 53.7 Å². The van der Waals surface area contributed by atoms with Crippen LogP contribution in [0.25, 0.3) is 16.5 Å². The van der Waals surface area contributed by atoms with E-state index >= 15 is 0 Å². The summed E-state index contributed by atoms with van der Waals surface area (Å²) in [7, 11) is 4.07. The van der Waals surface area contributed by atoms with Gasteiger partial charge in [-0.25, -0.2) is 5.01 Å². The molecule has 166 valence electrons. The molecule has 0 saturated carbocycles. The largest absolute Gasteiger partial charge is 0.306 e. The third-order valence-electron chi connectivity index (χ3n) is 5.93. The smallest absolute Gasteiger partial charge is 0.267 e. The van der Waals surface area contributed by atoms with E-state index in [-0.39, 0.29) is 11.9 Å². The molecule has 2 aliphatic rings. The number of carbonyl (C=O) groups is 1. The monoisotopic (exact) mass is 421 g/mol. The van der Waals surface area contributed by atoms with Crippen molar-refractivity contribution in [2.45, 2.75) is 46.6 Å². The van der Waals surface area contributed by atoms with E-state index in [4.69, 9.17) is 5.10 Å². The number of aryl methyl sites for hydroxylation is 1. The van der Waals surface area contributed by atoms with Gasteiger partial charge in [0.15, 0.2) is 0 Å². The zero-order valence-electron chi connectivity index (χ0n) is 19.7. The third kappa shape index (κ3) is 5.31. The van der Waals surface area contributed by atoms with E-state index in [1.807, 2.05) is 53.1 Å². The molecule has 1 aromatic carbocycles. The van der Waals surface area contributed by atoms with E-state index in [2.05, 4.69) is 35.3 Å². The van der Waals surface area contributed by atoms with Gasteiger partial charge in [-0.3, -0.25) is 9.48 Å². The van der Waals surface area contributed by atoms with Gasteiger partial charge in [0.1, 0.15) is 0 Å². The Kier molecular flexibility index (Phi) is 7.44. The molecule has 0 radical (unpaired) electrons. The molecule has 1 saturated heterocycles. The van der Waals surface area contributed by atoms with Crippen LogP contribution >= 0.6 is 0 Å². The molecule has 0 bridgehead atoms. The maximum absolute atomic E-state index is 13.0. The summed E-state index contributed by atoms with van der Waals surface area (Å²) < 4.78 is 1.81. The summed E-state index contributed by atoms with van der Waals surface area (Å²) in [6, 6.07) is 6.05. The molecule has 6 heteroatoms. The first-order valence-electron chi connectivity index (χ1n) is 11.3. The van der Waals surface area contributed by atoms with Crippen LogP contribution < -0.4 is 0 Å². The molecular formula is C25H35N5O. The number of allylic oxidation sites excluding steroid dienone is 2. The van der Waals surface area contributed by atoms with Crippen molar-refractivity contribution in [1.82, 2.24) is 19.7 Å². The predicted octanol–water partition coefficient (Wildman–Crippen LogP) is 4.49. The Morgan fingerprint density at radius 1 is 1.16 bits per heavy atom. The van der Waals surface area contributed by atoms with Gasteiger partial charge in [-0.1, -0.05) is 26.0 Å². The number of rotatable bonds is 3. The number of amides is 1. The zero-order chi connectivity index (χ0) is 22.5. The normalized spacial score (nSPS) is 20.5. The second-order valence-corrected chi connectivity index (χ2v) is 8.29. The van der Waals surface area contributed by atoms with Gasteiger partial charge in [-0.15, -0.1) is 0 Å². The number of hydrazone groups is 1. The van der Waals surface area contributed by atoms with Crippen molar-refractivity contribution in [2.75, 3.05) is 20.1 Å². The third-order valence-corrected chi connectivity index (χ3v) is 5.93. The van der Waals surface area contributed by atoms with Crippen LogP contribution in [0, 0.1) is 5.92 Å². The Labute approximate surface area is 185 Å². The average Bonchev–Trinajstić information content (AvgIpc) is 3.15. The Morgan fingerprint density at radius 3 is 2.58 bits per heavy atom. The van der Waals surface area contributed by atoms with E-state index in [1.54, 1.807) is 15.8 Å². The summed E-state index contributed by atoms with van der Waals surface area (Å²) in [5, 5.41) is 11.9. The van der Waals surface area contributed by atoms with Crippen LogP contribution in [0.2, 0.25) is 0 Å². The van der Waals surface area contributed by atoms with Crippen LogP contribution in [0.15, 0.2) is 47.7 Å². The highest BCUT2D eigenvalue weighted by molar-refractivity contribution is 6.01. The van der Waals surface area contributed by atoms with Crippen molar-refractivity contribution in [3.63, 3.8) is 0 Å². The lowest BCUT2D eigenvalue weighted by Gasteiger charge is -2.32. The van der Waals surface area contributed by atoms with Gasteiger partial charge in [-0.05, 0) is 76.2 Å². The Hall–Kier alpha value is -2.73. The number of nitrogens with zero attached hydrogens (tertiary/aromatic N) is 5. The van der Waals surface area contributed by atoms with Crippen molar-refractivity contribution in [3.05, 3.63) is 48.2 Å². The van der Waals surface area contributed by atoms with Crippen molar-refractivity contribution in [2.24, 2.45) is 18.1 Å². The fourth-order valence-corrected chi connectivity index (χ4v) is 4.07. The first-order chi connectivity index (χ1) is 14.9. The number of fused-ring (bicyclic) bond motifs is 1. The standard InChI is InChI=1S/C23H29N5O.C2H6/c1-16(19-6-8-22-20(14-19)15-27(4)24-22)13-23(29)28-17(2)5-7-21(25-28)18-9-11-26(3)12-10-18;1-2/h5-8,13-15,17-18H,9-12H2,1-4H3;1-2H3/b16-13+;. The molecule has 3 heterocycles. The van der Waals surface area contributed by atoms with Gasteiger partial charge in [0.05, 0.1) is 17.3 Å². The highest BCUT2D eigenvalue weighted by Gasteiger charge is 2.26. The second kappa shape index (κ2) is 10.1. The van der Waals surface area contributed by atoms with Crippen molar-refractivity contribution >= 4 is 28.1 Å². The lowest BCUT2D eigenvalue weighted by Crippen LogP contribution is -2.39. The fraction of sp³-hybridized carbons (Fsp3) is 0.480. The zero-order valence-corrected chi connectivity index (χ0v) is 19.7. The minimum Gasteiger partial charge on any atom is -0.306 e. The summed E-state index contributed by atoms with van der Waals surface area (Å²) in [5.74, 6) is 0.361. The summed E-state index contributed by atoms with van der Waals surface area (Å²) in [6.07, 6.45) is 10.1. The first kappa shape index (κ1) is 22.9. The maximum atomic E-state index is 13.0. The SMILES string of the molecule is C/C(=C\C(=O)N1N=C(C2CCN(C)CC2)C=CC1C)c1ccc2nn(C)cc2c1.CC. The van der Waals surface area contributed by atoms with Gasteiger partial charge in [-0.2, -0.15) is 10.2 Å². The number of carbonyl (C=O) groups excluding carboxylic acids is 1. The lowest BCUT2D eigenvalue weighted by molar-refractivity contribution is -0.127. The minimum atomic E-state index is -0.0731. The van der Waals surface area contributed by atoms with Crippen molar-refractivity contribution in [3.8, 4) is 0 Å². The van der Waals surface area contributed by atoms with Crippen LogP contribution in [0.3, 0.4) is 0 Å². The van der Waals surface area contributed by atoms with E-state index in [9.17, 15) is 4.79 Å². The van der Waals surface area contributed by atoms with Gasteiger partial charge in [0.2, 0.25) is 0 Å². The molecule has 0 N–H and O–H groups in total. The Bertz CT molecular complexity index is 1010. The Morgan fingerprint density at radius 2 is 1.87 bits per heavy atom. The molecule has 4 rings (SSSR count). The molecule has 0 spiro atoms. The lowest BCUT2D eigenvalue weighted by atomic mass is 9.91. The van der Waals surface area contributed by atoms with Crippen LogP contribution in [-0.2, 0) is 11.8 Å². The fourth-order valence-electron chi connectivity index (χ4n) is 4.07. The highest BCUT2D eigenvalue weighted by atomic mass is 16.2. The van der Waals surface area contributed by atoms with E-state index in [0.29, 0.717) is 5.92 Å².